The molecule has 1 atom stereocenters. The highest BCUT2D eigenvalue weighted by atomic mass is 19.3. The standard InChI is InChI=1S/C9H9F4N3/c1-15-3-2-7(14-15)6-4-9(11,12)8(10)16(13)5-6/h2-3,5,8H,4H2,1H3. The summed E-state index contributed by atoms with van der Waals surface area (Å²) in [6.45, 7) is 0. The van der Waals surface area contributed by atoms with Crippen molar-refractivity contribution in [2.45, 2.75) is 18.6 Å². The van der Waals surface area contributed by atoms with E-state index in [2.05, 4.69) is 5.10 Å². The molecule has 0 aromatic carbocycles. The van der Waals surface area contributed by atoms with Crippen LogP contribution in [0.4, 0.5) is 17.7 Å². The van der Waals surface area contributed by atoms with Crippen molar-refractivity contribution in [2.24, 2.45) is 7.05 Å². The van der Waals surface area contributed by atoms with E-state index in [4.69, 9.17) is 0 Å². The van der Waals surface area contributed by atoms with Gasteiger partial charge < -0.3 is 0 Å². The zero-order chi connectivity index (χ0) is 11.9. The van der Waals surface area contributed by atoms with Crippen molar-refractivity contribution in [3.05, 3.63) is 24.2 Å². The fraction of sp³-hybridized carbons (Fsp3) is 0.444. The summed E-state index contributed by atoms with van der Waals surface area (Å²) in [6, 6.07) is 1.47. The van der Waals surface area contributed by atoms with E-state index in [0.29, 0.717) is 6.20 Å². The largest absolute Gasteiger partial charge is 0.303 e. The molecular formula is C9H9F4N3. The van der Waals surface area contributed by atoms with Crippen molar-refractivity contribution in [1.29, 1.82) is 0 Å². The lowest BCUT2D eigenvalue weighted by Crippen LogP contribution is -2.41. The molecule has 1 aliphatic rings. The minimum absolute atomic E-state index is 0.0259. The second-order valence-corrected chi connectivity index (χ2v) is 3.65. The van der Waals surface area contributed by atoms with E-state index in [1.807, 2.05) is 0 Å². The predicted molar refractivity (Wildman–Crippen MR) is 48.6 cm³/mol. The Morgan fingerprint density at radius 3 is 2.69 bits per heavy atom. The maximum Gasteiger partial charge on any atom is 0.303 e. The van der Waals surface area contributed by atoms with Crippen LogP contribution in [-0.4, -0.2) is 27.1 Å². The normalized spacial score (nSPS) is 24.4. The Balaban J connectivity index is 2.33. The van der Waals surface area contributed by atoms with E-state index < -0.39 is 23.8 Å². The van der Waals surface area contributed by atoms with Gasteiger partial charge in [-0.25, -0.2) is 13.2 Å². The molecule has 16 heavy (non-hydrogen) atoms. The van der Waals surface area contributed by atoms with Crippen molar-refractivity contribution in [3.8, 4) is 0 Å². The van der Waals surface area contributed by atoms with Gasteiger partial charge in [0.2, 0.25) is 0 Å². The van der Waals surface area contributed by atoms with E-state index in [1.165, 1.54) is 10.7 Å². The first-order valence-corrected chi connectivity index (χ1v) is 4.57. The molecule has 0 fully saturated rings. The monoisotopic (exact) mass is 235 g/mol. The zero-order valence-electron chi connectivity index (χ0n) is 8.37. The molecule has 0 N–H and O–H groups in total. The minimum Gasteiger partial charge on any atom is -0.275 e. The first-order chi connectivity index (χ1) is 7.40. The molecule has 1 aliphatic heterocycles. The molecule has 1 unspecified atom stereocenters. The van der Waals surface area contributed by atoms with Gasteiger partial charge in [-0.1, -0.05) is 4.48 Å². The van der Waals surface area contributed by atoms with Gasteiger partial charge in [0, 0.05) is 31.4 Å². The van der Waals surface area contributed by atoms with Crippen LogP contribution < -0.4 is 0 Å². The van der Waals surface area contributed by atoms with Crippen molar-refractivity contribution >= 4 is 5.57 Å². The number of aryl methyl sites for hydroxylation is 1. The van der Waals surface area contributed by atoms with E-state index >= 15 is 0 Å². The third-order valence-electron chi connectivity index (χ3n) is 2.31. The van der Waals surface area contributed by atoms with Crippen LogP contribution in [0, 0.1) is 0 Å². The average molecular weight is 235 g/mol. The summed E-state index contributed by atoms with van der Waals surface area (Å²) in [5.74, 6) is -3.74. The Morgan fingerprint density at radius 2 is 2.19 bits per heavy atom. The number of aromatic nitrogens is 2. The van der Waals surface area contributed by atoms with E-state index in [-0.39, 0.29) is 11.3 Å². The molecule has 0 amide bonds. The Morgan fingerprint density at radius 1 is 1.50 bits per heavy atom. The van der Waals surface area contributed by atoms with E-state index in [0.717, 1.165) is 0 Å². The van der Waals surface area contributed by atoms with Gasteiger partial charge in [-0.3, -0.25) is 4.68 Å². The number of hydrogen-bond donors (Lipinski definition) is 0. The molecule has 0 spiro atoms. The quantitative estimate of drug-likeness (QED) is 0.423. The number of alkyl halides is 3. The summed E-state index contributed by atoms with van der Waals surface area (Å²) >= 11 is 0. The van der Waals surface area contributed by atoms with Crippen LogP contribution >= 0.6 is 0 Å². The topological polar surface area (TPSA) is 21.1 Å². The highest BCUT2D eigenvalue weighted by Gasteiger charge is 2.48. The molecule has 0 saturated carbocycles. The van der Waals surface area contributed by atoms with Crippen LogP contribution in [-0.2, 0) is 7.05 Å². The Hall–Kier alpha value is -1.53. The van der Waals surface area contributed by atoms with Gasteiger partial charge in [0.15, 0.2) is 0 Å². The summed E-state index contributed by atoms with van der Waals surface area (Å²) in [6.07, 6.45) is -1.53. The molecule has 2 heterocycles. The van der Waals surface area contributed by atoms with Crippen molar-refractivity contribution in [2.75, 3.05) is 0 Å². The van der Waals surface area contributed by atoms with Crippen molar-refractivity contribution < 1.29 is 17.7 Å². The molecule has 3 nitrogen and oxygen atoms in total. The SMILES string of the molecule is Cn1ccc(C2=CN(F)C(F)C(F)(F)C2)n1. The smallest absolute Gasteiger partial charge is 0.275 e. The van der Waals surface area contributed by atoms with Crippen molar-refractivity contribution in [1.82, 2.24) is 14.9 Å². The second kappa shape index (κ2) is 3.50. The fourth-order valence-electron chi connectivity index (χ4n) is 1.52. The van der Waals surface area contributed by atoms with Crippen LogP contribution in [0.5, 0.6) is 0 Å². The summed E-state index contributed by atoms with van der Waals surface area (Å²) in [5.41, 5.74) is 0.193. The summed E-state index contributed by atoms with van der Waals surface area (Å²) in [4.78, 5) is 0. The van der Waals surface area contributed by atoms with Gasteiger partial charge in [0.1, 0.15) is 0 Å². The minimum atomic E-state index is -3.74. The lowest BCUT2D eigenvalue weighted by atomic mass is 10.0. The maximum atomic E-state index is 13.1. The Labute approximate surface area is 88.9 Å². The molecule has 88 valence electrons. The molecule has 0 bridgehead atoms. The highest BCUT2D eigenvalue weighted by molar-refractivity contribution is 5.63. The highest BCUT2D eigenvalue weighted by Crippen LogP contribution is 2.39. The van der Waals surface area contributed by atoms with Crippen LogP contribution in [0.1, 0.15) is 12.1 Å². The lowest BCUT2D eigenvalue weighted by molar-refractivity contribution is -0.179. The third kappa shape index (κ3) is 1.77. The molecule has 1 aromatic rings. The Bertz CT molecular complexity index is 426. The molecule has 2 rings (SSSR count). The molecule has 0 aliphatic carbocycles. The van der Waals surface area contributed by atoms with Gasteiger partial charge in [0.05, 0.1) is 5.69 Å². The number of rotatable bonds is 1. The van der Waals surface area contributed by atoms with Gasteiger partial charge in [-0.05, 0) is 6.07 Å². The molecule has 7 heteroatoms. The average Bonchev–Trinajstić information content (AvgIpc) is 2.60. The Kier molecular flexibility index (Phi) is 2.40. The molecule has 0 radical (unpaired) electrons. The van der Waals surface area contributed by atoms with Gasteiger partial charge in [-0.2, -0.15) is 10.2 Å². The predicted octanol–water partition coefficient (Wildman–Crippen LogP) is 2.28. The second-order valence-electron chi connectivity index (χ2n) is 3.65. The fourth-order valence-corrected chi connectivity index (χ4v) is 1.52. The van der Waals surface area contributed by atoms with E-state index in [9.17, 15) is 17.7 Å². The number of allylic oxidation sites excluding steroid dienone is 1. The summed E-state index contributed by atoms with van der Waals surface area (Å²) in [7, 11) is 1.61. The van der Waals surface area contributed by atoms with Crippen LogP contribution in [0.2, 0.25) is 0 Å². The van der Waals surface area contributed by atoms with Crippen molar-refractivity contribution in [3.63, 3.8) is 0 Å². The van der Waals surface area contributed by atoms with Crippen LogP contribution in [0.25, 0.3) is 5.57 Å². The lowest BCUT2D eigenvalue weighted by Gasteiger charge is -2.29. The maximum absolute atomic E-state index is 13.1. The number of hydrogen-bond acceptors (Lipinski definition) is 2. The van der Waals surface area contributed by atoms with E-state index in [1.54, 1.807) is 13.2 Å². The number of nitrogens with zero attached hydrogens (tertiary/aromatic N) is 3. The molecule has 0 saturated heterocycles. The van der Waals surface area contributed by atoms with Gasteiger partial charge in [-0.15, -0.1) is 0 Å². The first-order valence-electron chi connectivity index (χ1n) is 4.57. The summed E-state index contributed by atoms with van der Waals surface area (Å²) < 4.78 is 53.2. The summed E-state index contributed by atoms with van der Waals surface area (Å²) in [5, 5.41) is 3.24. The third-order valence-corrected chi connectivity index (χ3v) is 2.31. The van der Waals surface area contributed by atoms with Gasteiger partial charge >= 0.3 is 5.92 Å². The first kappa shape index (κ1) is 11.0. The molecule has 1 aromatic heterocycles. The van der Waals surface area contributed by atoms with Crippen LogP contribution in [0.3, 0.4) is 0 Å². The number of halogens is 4. The molecular weight excluding hydrogens is 226 g/mol. The van der Waals surface area contributed by atoms with Gasteiger partial charge in [0.25, 0.3) is 6.30 Å². The van der Waals surface area contributed by atoms with Crippen LogP contribution in [0.15, 0.2) is 18.5 Å². The zero-order valence-corrected chi connectivity index (χ0v) is 8.37.